The van der Waals surface area contributed by atoms with Crippen LogP contribution in [-0.4, -0.2) is 12.5 Å². The SMILES string of the molecule is C[C@H](NCC(=O)Nc1ccc(F)cc1)c1cccc2ccccc12. The van der Waals surface area contributed by atoms with Gasteiger partial charge >= 0.3 is 0 Å². The van der Waals surface area contributed by atoms with E-state index in [-0.39, 0.29) is 24.3 Å². The lowest BCUT2D eigenvalue weighted by Gasteiger charge is -2.16. The van der Waals surface area contributed by atoms with Crippen molar-refractivity contribution in [1.82, 2.24) is 5.32 Å². The summed E-state index contributed by atoms with van der Waals surface area (Å²) in [4.78, 5) is 12.0. The Labute approximate surface area is 140 Å². The molecule has 3 nitrogen and oxygen atoms in total. The fraction of sp³-hybridized carbons (Fsp3) is 0.150. The first-order chi connectivity index (χ1) is 11.6. The number of amides is 1. The van der Waals surface area contributed by atoms with Gasteiger partial charge in [0.2, 0.25) is 5.91 Å². The average molecular weight is 322 g/mol. The maximum Gasteiger partial charge on any atom is 0.238 e. The summed E-state index contributed by atoms with van der Waals surface area (Å²) in [5.41, 5.74) is 1.74. The normalized spacial score (nSPS) is 12.1. The van der Waals surface area contributed by atoms with Gasteiger partial charge in [0, 0.05) is 11.7 Å². The molecule has 0 radical (unpaired) electrons. The molecule has 0 aliphatic rings. The van der Waals surface area contributed by atoms with Crippen LogP contribution in [0.15, 0.2) is 66.7 Å². The van der Waals surface area contributed by atoms with Crippen LogP contribution in [0.5, 0.6) is 0 Å². The summed E-state index contributed by atoms with van der Waals surface area (Å²) in [5.74, 6) is -0.482. The van der Waals surface area contributed by atoms with Crippen molar-refractivity contribution in [1.29, 1.82) is 0 Å². The molecule has 0 aromatic heterocycles. The summed E-state index contributed by atoms with van der Waals surface area (Å²) in [7, 11) is 0. The number of hydrogen-bond acceptors (Lipinski definition) is 2. The third-order valence-electron chi connectivity index (χ3n) is 3.99. The molecule has 0 aliphatic heterocycles. The van der Waals surface area contributed by atoms with Crippen molar-refractivity contribution in [3.05, 3.63) is 78.1 Å². The molecule has 0 spiro atoms. The van der Waals surface area contributed by atoms with Crippen LogP contribution in [0.3, 0.4) is 0 Å². The second kappa shape index (κ2) is 7.23. The Balaban J connectivity index is 1.63. The summed E-state index contributed by atoms with van der Waals surface area (Å²) in [5, 5.41) is 8.34. The van der Waals surface area contributed by atoms with Crippen molar-refractivity contribution in [2.24, 2.45) is 0 Å². The third-order valence-corrected chi connectivity index (χ3v) is 3.99. The van der Waals surface area contributed by atoms with Crippen molar-refractivity contribution in [2.45, 2.75) is 13.0 Å². The van der Waals surface area contributed by atoms with E-state index in [0.29, 0.717) is 5.69 Å². The van der Waals surface area contributed by atoms with Crippen molar-refractivity contribution in [3.8, 4) is 0 Å². The Bertz CT molecular complexity index is 840. The topological polar surface area (TPSA) is 41.1 Å². The molecule has 0 unspecified atom stereocenters. The van der Waals surface area contributed by atoms with Crippen LogP contribution in [0.25, 0.3) is 10.8 Å². The fourth-order valence-corrected chi connectivity index (χ4v) is 2.72. The van der Waals surface area contributed by atoms with Crippen LogP contribution < -0.4 is 10.6 Å². The molecule has 122 valence electrons. The number of rotatable bonds is 5. The van der Waals surface area contributed by atoms with E-state index >= 15 is 0 Å². The minimum Gasteiger partial charge on any atom is -0.325 e. The van der Waals surface area contributed by atoms with Crippen LogP contribution in [0, 0.1) is 5.82 Å². The molecule has 24 heavy (non-hydrogen) atoms. The highest BCUT2D eigenvalue weighted by Crippen LogP contribution is 2.23. The van der Waals surface area contributed by atoms with Crippen molar-refractivity contribution in [2.75, 3.05) is 11.9 Å². The lowest BCUT2D eigenvalue weighted by Crippen LogP contribution is -2.30. The molecule has 2 N–H and O–H groups in total. The zero-order valence-corrected chi connectivity index (χ0v) is 13.4. The molecule has 1 amide bonds. The molecule has 0 fully saturated rings. The number of carbonyl (C=O) groups is 1. The van der Waals surface area contributed by atoms with Gasteiger partial charge in [-0.2, -0.15) is 0 Å². The van der Waals surface area contributed by atoms with Crippen LogP contribution >= 0.6 is 0 Å². The highest BCUT2D eigenvalue weighted by Gasteiger charge is 2.10. The van der Waals surface area contributed by atoms with Crippen LogP contribution in [0.2, 0.25) is 0 Å². The van der Waals surface area contributed by atoms with E-state index in [1.165, 1.54) is 22.9 Å². The minimum atomic E-state index is -0.323. The highest BCUT2D eigenvalue weighted by molar-refractivity contribution is 5.92. The van der Waals surface area contributed by atoms with Crippen molar-refractivity contribution < 1.29 is 9.18 Å². The Kier molecular flexibility index (Phi) is 4.87. The first-order valence-electron chi connectivity index (χ1n) is 7.90. The Hall–Kier alpha value is -2.72. The molecule has 3 aromatic carbocycles. The van der Waals surface area contributed by atoms with E-state index in [9.17, 15) is 9.18 Å². The molecule has 3 aromatic rings. The van der Waals surface area contributed by atoms with Gasteiger partial charge in [-0.3, -0.25) is 4.79 Å². The summed E-state index contributed by atoms with van der Waals surface area (Å²) < 4.78 is 12.9. The quantitative estimate of drug-likeness (QED) is 0.736. The number of fused-ring (bicyclic) bond motifs is 1. The van der Waals surface area contributed by atoms with Gasteiger partial charge in [-0.1, -0.05) is 42.5 Å². The highest BCUT2D eigenvalue weighted by atomic mass is 19.1. The zero-order valence-electron chi connectivity index (χ0n) is 13.4. The Morgan fingerprint density at radius 3 is 2.50 bits per heavy atom. The Morgan fingerprint density at radius 1 is 1.00 bits per heavy atom. The summed E-state index contributed by atoms with van der Waals surface area (Å²) in [6, 6.07) is 20.1. The molecule has 3 rings (SSSR count). The third kappa shape index (κ3) is 3.78. The zero-order chi connectivity index (χ0) is 16.9. The largest absolute Gasteiger partial charge is 0.325 e. The summed E-state index contributed by atoms with van der Waals surface area (Å²) in [6.07, 6.45) is 0. The van der Waals surface area contributed by atoms with E-state index in [0.717, 1.165) is 5.56 Å². The van der Waals surface area contributed by atoms with Crippen LogP contribution in [-0.2, 0) is 4.79 Å². The van der Waals surface area contributed by atoms with Gasteiger partial charge in [0.15, 0.2) is 0 Å². The second-order valence-corrected chi connectivity index (χ2v) is 5.73. The van der Waals surface area contributed by atoms with Gasteiger partial charge in [0.05, 0.1) is 6.54 Å². The number of benzene rings is 3. The van der Waals surface area contributed by atoms with E-state index in [4.69, 9.17) is 0 Å². The lowest BCUT2D eigenvalue weighted by atomic mass is 10.00. The maximum atomic E-state index is 12.9. The molecule has 0 aliphatic carbocycles. The second-order valence-electron chi connectivity index (χ2n) is 5.73. The predicted octanol–water partition coefficient (Wildman–Crippen LogP) is 4.27. The first-order valence-corrected chi connectivity index (χ1v) is 7.90. The van der Waals surface area contributed by atoms with Crippen molar-refractivity contribution in [3.63, 3.8) is 0 Å². The van der Waals surface area contributed by atoms with E-state index in [2.05, 4.69) is 34.9 Å². The molecule has 0 heterocycles. The smallest absolute Gasteiger partial charge is 0.238 e. The molecule has 4 heteroatoms. The van der Waals surface area contributed by atoms with Crippen molar-refractivity contribution >= 4 is 22.4 Å². The summed E-state index contributed by atoms with van der Waals surface area (Å²) in [6.45, 7) is 2.22. The number of nitrogens with one attached hydrogen (secondary N) is 2. The maximum absolute atomic E-state index is 12.9. The van der Waals surface area contributed by atoms with Crippen LogP contribution in [0.4, 0.5) is 10.1 Å². The number of hydrogen-bond donors (Lipinski definition) is 2. The average Bonchev–Trinajstić information content (AvgIpc) is 2.61. The molecule has 0 saturated carbocycles. The first kappa shape index (κ1) is 16.1. The van der Waals surface area contributed by atoms with Gasteiger partial charge in [0.25, 0.3) is 0 Å². The van der Waals surface area contributed by atoms with E-state index in [1.807, 2.05) is 25.1 Å². The molecular formula is C20H19FN2O. The molecular weight excluding hydrogens is 303 g/mol. The van der Waals surface area contributed by atoms with Gasteiger partial charge in [-0.15, -0.1) is 0 Å². The summed E-state index contributed by atoms with van der Waals surface area (Å²) >= 11 is 0. The number of anilines is 1. The van der Waals surface area contributed by atoms with Gasteiger partial charge in [0.1, 0.15) is 5.82 Å². The van der Waals surface area contributed by atoms with Gasteiger partial charge in [-0.25, -0.2) is 4.39 Å². The fourth-order valence-electron chi connectivity index (χ4n) is 2.72. The molecule has 1 atom stereocenters. The minimum absolute atomic E-state index is 0.0371. The Morgan fingerprint density at radius 2 is 1.71 bits per heavy atom. The monoisotopic (exact) mass is 322 g/mol. The van der Waals surface area contributed by atoms with Gasteiger partial charge < -0.3 is 10.6 Å². The standard InChI is InChI=1S/C20H19FN2O/c1-14(18-8-4-6-15-5-2-3-7-19(15)18)22-13-20(24)23-17-11-9-16(21)10-12-17/h2-12,14,22H,13H2,1H3,(H,23,24)/t14-/m0/s1. The van der Waals surface area contributed by atoms with Gasteiger partial charge in [-0.05, 0) is 47.5 Å². The number of halogens is 1. The van der Waals surface area contributed by atoms with E-state index in [1.54, 1.807) is 12.1 Å². The number of carbonyl (C=O) groups excluding carboxylic acids is 1. The predicted molar refractivity (Wildman–Crippen MR) is 95.4 cm³/mol. The lowest BCUT2D eigenvalue weighted by molar-refractivity contribution is -0.115. The molecule has 0 bridgehead atoms. The molecule has 0 saturated heterocycles. The van der Waals surface area contributed by atoms with Crippen LogP contribution in [0.1, 0.15) is 18.5 Å². The van der Waals surface area contributed by atoms with E-state index < -0.39 is 0 Å².